The van der Waals surface area contributed by atoms with Crippen molar-refractivity contribution in [2.24, 2.45) is 0 Å². The molecule has 2 unspecified atom stereocenters. The van der Waals surface area contributed by atoms with Gasteiger partial charge in [0.05, 0.1) is 36.3 Å². The molecular formula is C22H25N5OS. The Hall–Kier alpha value is -2.77. The van der Waals surface area contributed by atoms with Crippen molar-refractivity contribution >= 4 is 17.3 Å². The summed E-state index contributed by atoms with van der Waals surface area (Å²) in [5.41, 5.74) is 5.60. The third-order valence-corrected chi connectivity index (χ3v) is 5.78. The number of nitrogens with zero attached hydrogens (tertiary/aromatic N) is 4. The first kappa shape index (κ1) is 19.5. The topological polar surface area (TPSA) is 55.2 Å². The van der Waals surface area contributed by atoms with Crippen LogP contribution in [0.4, 0.5) is 0 Å². The maximum atomic E-state index is 5.70. The SMILES string of the molecule is COCCN1C(=S)NC(c2ccccn2)C1c1cc(C)n(-c2cccnc2)c1C. The van der Waals surface area contributed by atoms with Gasteiger partial charge in [0, 0.05) is 37.4 Å². The highest BCUT2D eigenvalue weighted by Gasteiger charge is 2.41. The Labute approximate surface area is 176 Å². The zero-order chi connectivity index (χ0) is 20.4. The van der Waals surface area contributed by atoms with Crippen LogP contribution in [0, 0.1) is 13.8 Å². The molecule has 1 aliphatic rings. The molecule has 2 atom stereocenters. The van der Waals surface area contributed by atoms with Crippen LogP contribution in [-0.4, -0.2) is 44.8 Å². The molecule has 1 saturated heterocycles. The number of hydrogen-bond donors (Lipinski definition) is 1. The molecule has 3 aromatic heterocycles. The maximum absolute atomic E-state index is 5.70. The normalized spacial score (nSPS) is 18.9. The third-order valence-electron chi connectivity index (χ3n) is 5.43. The Bertz CT molecular complexity index is 989. The molecule has 3 aromatic rings. The number of nitrogens with one attached hydrogen (secondary N) is 1. The van der Waals surface area contributed by atoms with Gasteiger partial charge < -0.3 is 19.5 Å². The molecule has 4 heterocycles. The van der Waals surface area contributed by atoms with Crippen LogP contribution in [-0.2, 0) is 4.74 Å². The number of ether oxygens (including phenoxy) is 1. The number of rotatable bonds is 6. The van der Waals surface area contributed by atoms with Crippen LogP contribution in [0.25, 0.3) is 5.69 Å². The number of hydrogen-bond acceptors (Lipinski definition) is 4. The van der Waals surface area contributed by atoms with Gasteiger partial charge in [-0.05, 0) is 62.0 Å². The van der Waals surface area contributed by atoms with Crippen LogP contribution >= 0.6 is 12.2 Å². The van der Waals surface area contributed by atoms with Crippen molar-refractivity contribution in [2.45, 2.75) is 25.9 Å². The fourth-order valence-electron chi connectivity index (χ4n) is 4.14. The van der Waals surface area contributed by atoms with Gasteiger partial charge in [0.1, 0.15) is 0 Å². The van der Waals surface area contributed by atoms with Crippen LogP contribution < -0.4 is 5.32 Å². The standard InChI is InChI=1S/C22H25N5OS/c1-15-13-18(16(2)27(15)17-7-6-9-23-14-17)21-20(19-8-4-5-10-24-19)25-22(29)26(21)11-12-28-3/h4-10,13-14,20-21H,11-12H2,1-3H3,(H,25,29). The fourth-order valence-corrected chi connectivity index (χ4v) is 4.48. The highest BCUT2D eigenvalue weighted by Crippen LogP contribution is 2.41. The van der Waals surface area contributed by atoms with Gasteiger partial charge in [-0.1, -0.05) is 6.07 Å². The quantitative estimate of drug-likeness (QED) is 0.631. The Morgan fingerprint density at radius 2 is 2.03 bits per heavy atom. The minimum Gasteiger partial charge on any atom is -0.383 e. The van der Waals surface area contributed by atoms with E-state index in [1.165, 1.54) is 11.3 Å². The molecule has 0 spiro atoms. The Morgan fingerprint density at radius 1 is 1.17 bits per heavy atom. The van der Waals surface area contributed by atoms with Crippen molar-refractivity contribution < 1.29 is 4.74 Å². The van der Waals surface area contributed by atoms with Gasteiger partial charge >= 0.3 is 0 Å². The van der Waals surface area contributed by atoms with Gasteiger partial charge in [-0.15, -0.1) is 0 Å². The molecule has 1 N–H and O–H groups in total. The molecule has 1 aliphatic heterocycles. The number of methoxy groups -OCH3 is 1. The van der Waals surface area contributed by atoms with E-state index in [1.807, 2.05) is 36.7 Å². The number of aromatic nitrogens is 3. The number of pyridine rings is 2. The smallest absolute Gasteiger partial charge is 0.170 e. The number of aryl methyl sites for hydroxylation is 1. The molecule has 150 valence electrons. The summed E-state index contributed by atoms with van der Waals surface area (Å²) in [6.45, 7) is 5.60. The van der Waals surface area contributed by atoms with Gasteiger partial charge in [-0.3, -0.25) is 9.97 Å². The lowest BCUT2D eigenvalue weighted by Gasteiger charge is -2.28. The van der Waals surface area contributed by atoms with Gasteiger partial charge in [0.15, 0.2) is 5.11 Å². The molecule has 0 aliphatic carbocycles. The maximum Gasteiger partial charge on any atom is 0.170 e. The molecule has 0 aromatic carbocycles. The van der Waals surface area contributed by atoms with E-state index in [-0.39, 0.29) is 12.1 Å². The summed E-state index contributed by atoms with van der Waals surface area (Å²) < 4.78 is 7.59. The van der Waals surface area contributed by atoms with E-state index < -0.39 is 0 Å². The van der Waals surface area contributed by atoms with Crippen molar-refractivity contribution in [3.63, 3.8) is 0 Å². The lowest BCUT2D eigenvalue weighted by atomic mass is 9.97. The van der Waals surface area contributed by atoms with Crippen LogP contribution in [0.1, 0.15) is 34.7 Å². The average Bonchev–Trinajstić information content (AvgIpc) is 3.23. The Morgan fingerprint density at radius 3 is 2.72 bits per heavy atom. The molecular weight excluding hydrogens is 382 g/mol. The summed E-state index contributed by atoms with van der Waals surface area (Å²) >= 11 is 5.70. The first-order chi connectivity index (χ1) is 14.1. The van der Waals surface area contributed by atoms with E-state index >= 15 is 0 Å². The van der Waals surface area contributed by atoms with Crippen molar-refractivity contribution in [2.75, 3.05) is 20.3 Å². The average molecular weight is 408 g/mol. The molecule has 0 saturated carbocycles. The monoisotopic (exact) mass is 407 g/mol. The second-order valence-corrected chi connectivity index (χ2v) is 7.57. The van der Waals surface area contributed by atoms with Crippen LogP contribution in [0.2, 0.25) is 0 Å². The van der Waals surface area contributed by atoms with Crippen molar-refractivity contribution in [3.8, 4) is 5.69 Å². The predicted octanol–water partition coefficient (Wildman–Crippen LogP) is 3.50. The second kappa shape index (κ2) is 8.31. The molecule has 0 amide bonds. The molecule has 29 heavy (non-hydrogen) atoms. The summed E-state index contributed by atoms with van der Waals surface area (Å²) in [7, 11) is 1.71. The van der Waals surface area contributed by atoms with Crippen LogP contribution in [0.15, 0.2) is 55.0 Å². The summed E-state index contributed by atoms with van der Waals surface area (Å²) in [6, 6.07) is 12.3. The van der Waals surface area contributed by atoms with E-state index in [0.29, 0.717) is 13.2 Å². The summed E-state index contributed by atoms with van der Waals surface area (Å²) in [5.74, 6) is 0. The molecule has 0 bridgehead atoms. The van der Waals surface area contributed by atoms with Crippen molar-refractivity contribution in [1.82, 2.24) is 24.8 Å². The van der Waals surface area contributed by atoms with E-state index in [1.54, 1.807) is 13.3 Å². The fraction of sp³-hybridized carbons (Fsp3) is 0.318. The zero-order valence-electron chi connectivity index (χ0n) is 16.9. The second-order valence-electron chi connectivity index (χ2n) is 7.19. The predicted molar refractivity (Wildman–Crippen MR) is 117 cm³/mol. The summed E-state index contributed by atoms with van der Waals surface area (Å²) in [6.07, 6.45) is 5.51. The van der Waals surface area contributed by atoms with Crippen LogP contribution in [0.3, 0.4) is 0 Å². The minimum atomic E-state index is -0.0246. The summed E-state index contributed by atoms with van der Waals surface area (Å²) in [4.78, 5) is 11.1. The molecule has 6 nitrogen and oxygen atoms in total. The minimum absolute atomic E-state index is 0.0246. The highest BCUT2D eigenvalue weighted by atomic mass is 32.1. The van der Waals surface area contributed by atoms with Crippen molar-refractivity contribution in [1.29, 1.82) is 0 Å². The van der Waals surface area contributed by atoms with Gasteiger partial charge in [0.2, 0.25) is 0 Å². The first-order valence-electron chi connectivity index (χ1n) is 9.68. The lowest BCUT2D eigenvalue weighted by molar-refractivity contribution is 0.164. The zero-order valence-corrected chi connectivity index (χ0v) is 17.7. The molecule has 0 radical (unpaired) electrons. The van der Waals surface area contributed by atoms with Gasteiger partial charge in [0.25, 0.3) is 0 Å². The van der Waals surface area contributed by atoms with E-state index in [2.05, 4.69) is 50.7 Å². The molecule has 7 heteroatoms. The molecule has 4 rings (SSSR count). The number of thiocarbonyl (C=S) groups is 1. The third kappa shape index (κ3) is 3.63. The first-order valence-corrected chi connectivity index (χ1v) is 10.1. The highest BCUT2D eigenvalue weighted by molar-refractivity contribution is 7.80. The van der Waals surface area contributed by atoms with Gasteiger partial charge in [-0.25, -0.2) is 0 Å². The van der Waals surface area contributed by atoms with E-state index in [0.717, 1.165) is 22.2 Å². The van der Waals surface area contributed by atoms with E-state index in [9.17, 15) is 0 Å². The largest absolute Gasteiger partial charge is 0.383 e. The van der Waals surface area contributed by atoms with Crippen LogP contribution in [0.5, 0.6) is 0 Å². The van der Waals surface area contributed by atoms with Crippen molar-refractivity contribution in [3.05, 3.63) is 77.6 Å². The Balaban J connectivity index is 1.81. The Kier molecular flexibility index (Phi) is 5.60. The lowest BCUT2D eigenvalue weighted by Crippen LogP contribution is -2.32. The summed E-state index contributed by atoms with van der Waals surface area (Å²) in [5, 5.41) is 4.22. The molecule has 1 fully saturated rings. The van der Waals surface area contributed by atoms with E-state index in [4.69, 9.17) is 17.0 Å². The van der Waals surface area contributed by atoms with Gasteiger partial charge in [-0.2, -0.15) is 0 Å².